The largest absolute Gasteiger partial charge is 0.411 e. The fourth-order valence-electron chi connectivity index (χ4n) is 2.96. The van der Waals surface area contributed by atoms with E-state index in [0.717, 1.165) is 25.7 Å². The summed E-state index contributed by atoms with van der Waals surface area (Å²) in [4.78, 5) is 12.2. The number of nitrogens with zero attached hydrogens (tertiary/aromatic N) is 1. The van der Waals surface area contributed by atoms with Crippen LogP contribution in [0.25, 0.3) is 0 Å². The Bertz CT molecular complexity index is 810. The number of carbonyl (C=O) groups is 1. The number of ether oxygens (including phenoxy) is 1. The van der Waals surface area contributed by atoms with Crippen LogP contribution in [0.5, 0.6) is 0 Å². The third-order valence-corrected chi connectivity index (χ3v) is 6.77. The van der Waals surface area contributed by atoms with Gasteiger partial charge in [0.2, 0.25) is 10.0 Å². The molecule has 0 bridgehead atoms. The molecule has 0 aromatic heterocycles. The van der Waals surface area contributed by atoms with Crippen molar-refractivity contribution in [1.29, 1.82) is 0 Å². The molecule has 164 valence electrons. The van der Waals surface area contributed by atoms with E-state index in [1.54, 1.807) is 0 Å². The van der Waals surface area contributed by atoms with Crippen molar-refractivity contribution >= 4 is 27.5 Å². The quantitative estimate of drug-likeness (QED) is 0.680. The third-order valence-electron chi connectivity index (χ3n) is 4.39. The molecule has 1 atom stereocenters. The summed E-state index contributed by atoms with van der Waals surface area (Å²) < 4.78 is 68.2. The summed E-state index contributed by atoms with van der Waals surface area (Å²) in [6, 6.07) is 3.18. The van der Waals surface area contributed by atoms with Gasteiger partial charge in [0, 0.05) is 24.7 Å². The molecular formula is C18H24ClF3N2O4S. The van der Waals surface area contributed by atoms with Crippen LogP contribution in [0.15, 0.2) is 23.1 Å². The van der Waals surface area contributed by atoms with E-state index < -0.39 is 34.8 Å². The monoisotopic (exact) mass is 456 g/mol. The van der Waals surface area contributed by atoms with Crippen LogP contribution in [0.1, 0.15) is 43.0 Å². The predicted molar refractivity (Wildman–Crippen MR) is 102 cm³/mol. The topological polar surface area (TPSA) is 75.7 Å². The Balaban J connectivity index is 2.10. The molecule has 1 unspecified atom stereocenters. The zero-order valence-corrected chi connectivity index (χ0v) is 17.5. The van der Waals surface area contributed by atoms with Crippen molar-refractivity contribution < 1.29 is 31.1 Å². The molecular weight excluding hydrogens is 433 g/mol. The molecule has 1 aromatic rings. The van der Waals surface area contributed by atoms with Crippen molar-refractivity contribution in [3.05, 3.63) is 28.8 Å². The first-order valence-electron chi connectivity index (χ1n) is 9.26. The lowest BCUT2D eigenvalue weighted by atomic mass is 10.2. The minimum Gasteiger partial charge on any atom is -0.370 e. The number of amides is 1. The van der Waals surface area contributed by atoms with Gasteiger partial charge in [0.25, 0.3) is 5.91 Å². The van der Waals surface area contributed by atoms with E-state index in [9.17, 15) is 26.4 Å². The average Bonchev–Trinajstić information content (AvgIpc) is 2.90. The molecule has 29 heavy (non-hydrogen) atoms. The molecule has 1 amide bonds. The summed E-state index contributed by atoms with van der Waals surface area (Å²) in [6.45, 7) is 0.522. The molecule has 1 aliphatic heterocycles. The van der Waals surface area contributed by atoms with Crippen LogP contribution in [0, 0.1) is 0 Å². The first-order valence-corrected chi connectivity index (χ1v) is 11.1. The van der Waals surface area contributed by atoms with Gasteiger partial charge < -0.3 is 10.1 Å². The smallest absolute Gasteiger partial charge is 0.370 e. The van der Waals surface area contributed by atoms with Crippen LogP contribution in [0.4, 0.5) is 13.2 Å². The molecule has 0 radical (unpaired) electrons. The van der Waals surface area contributed by atoms with Crippen molar-refractivity contribution in [2.24, 2.45) is 0 Å². The van der Waals surface area contributed by atoms with Crippen LogP contribution in [0.2, 0.25) is 5.02 Å². The molecule has 0 spiro atoms. The van der Waals surface area contributed by atoms with Crippen LogP contribution in [-0.4, -0.2) is 57.2 Å². The van der Waals surface area contributed by atoms with Crippen LogP contribution in [0.3, 0.4) is 0 Å². The molecule has 1 N–H and O–H groups in total. The lowest BCUT2D eigenvalue weighted by molar-refractivity contribution is -0.174. The standard InChI is InChI=1S/C18H24ClF3N2O4S/c1-13(11-28-12-18(20,21)22)23-17(25)14-6-7-15(19)16(10-14)29(26,27)24-8-4-2-3-5-9-24/h6-7,10,13H,2-5,8-9,11-12H2,1H3,(H,23,25). The SMILES string of the molecule is CC(COCC(F)(F)F)NC(=O)c1ccc(Cl)c(S(=O)(=O)N2CCCCCC2)c1. The first kappa shape index (κ1) is 23.9. The number of alkyl halides is 3. The average molecular weight is 457 g/mol. The van der Waals surface area contributed by atoms with E-state index in [4.69, 9.17) is 11.6 Å². The predicted octanol–water partition coefficient (Wildman–Crippen LogP) is 3.60. The Labute approximate surface area is 173 Å². The van der Waals surface area contributed by atoms with Gasteiger partial charge in [-0.15, -0.1) is 0 Å². The van der Waals surface area contributed by atoms with Crippen LogP contribution < -0.4 is 5.32 Å². The van der Waals surface area contributed by atoms with Crippen molar-refractivity contribution in [3.8, 4) is 0 Å². The highest BCUT2D eigenvalue weighted by molar-refractivity contribution is 7.89. The van der Waals surface area contributed by atoms with Gasteiger partial charge in [0.1, 0.15) is 11.5 Å². The van der Waals surface area contributed by atoms with Crippen molar-refractivity contribution in [1.82, 2.24) is 9.62 Å². The number of nitrogens with one attached hydrogen (secondary N) is 1. The van der Waals surface area contributed by atoms with E-state index in [1.807, 2.05) is 0 Å². The molecule has 6 nitrogen and oxygen atoms in total. The van der Waals surface area contributed by atoms with E-state index in [0.29, 0.717) is 13.1 Å². The highest BCUT2D eigenvalue weighted by atomic mass is 35.5. The molecule has 1 heterocycles. The Morgan fingerprint density at radius 1 is 1.24 bits per heavy atom. The Kier molecular flexibility index (Phi) is 8.33. The van der Waals surface area contributed by atoms with Gasteiger partial charge in [0.15, 0.2) is 0 Å². The summed E-state index contributed by atoms with van der Waals surface area (Å²) in [6.07, 6.45) is -1.03. The zero-order valence-electron chi connectivity index (χ0n) is 16.0. The molecule has 1 aromatic carbocycles. The van der Waals surface area contributed by atoms with Crippen LogP contribution in [-0.2, 0) is 14.8 Å². The van der Waals surface area contributed by atoms with Gasteiger partial charge in [0.05, 0.1) is 11.6 Å². The van der Waals surface area contributed by atoms with E-state index in [-0.39, 0.29) is 22.1 Å². The maximum atomic E-state index is 13.0. The second-order valence-corrected chi connectivity index (χ2v) is 9.28. The number of rotatable bonds is 7. The lowest BCUT2D eigenvalue weighted by Gasteiger charge is -2.21. The molecule has 11 heteroatoms. The van der Waals surface area contributed by atoms with Gasteiger partial charge in [-0.2, -0.15) is 17.5 Å². The number of carbonyl (C=O) groups excluding carboxylic acids is 1. The minimum absolute atomic E-state index is 0.00681. The summed E-state index contributed by atoms with van der Waals surface area (Å²) >= 11 is 6.10. The lowest BCUT2D eigenvalue weighted by Crippen LogP contribution is -2.37. The number of halogens is 4. The molecule has 0 saturated carbocycles. The normalized spacial score (nSPS) is 17.6. The number of sulfonamides is 1. The number of benzene rings is 1. The zero-order chi connectivity index (χ0) is 21.7. The Hall–Kier alpha value is -1.36. The maximum absolute atomic E-state index is 13.0. The first-order chi connectivity index (χ1) is 13.5. The molecule has 2 rings (SSSR count). The molecule has 1 fully saturated rings. The highest BCUT2D eigenvalue weighted by Crippen LogP contribution is 2.27. The van der Waals surface area contributed by atoms with Crippen LogP contribution >= 0.6 is 11.6 Å². The molecule has 1 aliphatic rings. The fourth-order valence-corrected chi connectivity index (χ4v) is 4.98. The van der Waals surface area contributed by atoms with E-state index in [1.165, 1.54) is 29.4 Å². The fraction of sp³-hybridized carbons (Fsp3) is 0.611. The minimum atomic E-state index is -4.45. The van der Waals surface area contributed by atoms with E-state index in [2.05, 4.69) is 10.1 Å². The molecule has 0 aliphatic carbocycles. The summed E-state index contributed by atoms with van der Waals surface area (Å²) in [5, 5.41) is 2.49. The van der Waals surface area contributed by atoms with Gasteiger partial charge in [-0.05, 0) is 38.0 Å². The number of hydrogen-bond donors (Lipinski definition) is 1. The second kappa shape index (κ2) is 10.1. The summed E-state index contributed by atoms with van der Waals surface area (Å²) in [5.74, 6) is -0.628. The van der Waals surface area contributed by atoms with Crippen molar-refractivity contribution in [2.75, 3.05) is 26.3 Å². The van der Waals surface area contributed by atoms with E-state index >= 15 is 0 Å². The highest BCUT2D eigenvalue weighted by Gasteiger charge is 2.29. The van der Waals surface area contributed by atoms with Gasteiger partial charge in [-0.3, -0.25) is 4.79 Å². The Morgan fingerprint density at radius 3 is 2.45 bits per heavy atom. The van der Waals surface area contributed by atoms with Gasteiger partial charge >= 0.3 is 6.18 Å². The Morgan fingerprint density at radius 2 is 1.86 bits per heavy atom. The van der Waals surface area contributed by atoms with Gasteiger partial charge in [-0.25, -0.2) is 8.42 Å². The third kappa shape index (κ3) is 7.13. The van der Waals surface area contributed by atoms with Gasteiger partial charge in [-0.1, -0.05) is 24.4 Å². The van der Waals surface area contributed by atoms with Crippen molar-refractivity contribution in [3.63, 3.8) is 0 Å². The second-order valence-electron chi connectivity index (χ2n) is 6.97. The molecule has 1 saturated heterocycles. The summed E-state index contributed by atoms with van der Waals surface area (Å²) in [7, 11) is -3.86. The van der Waals surface area contributed by atoms with Crippen molar-refractivity contribution in [2.45, 2.75) is 49.7 Å². The maximum Gasteiger partial charge on any atom is 0.411 e. The summed E-state index contributed by atoms with van der Waals surface area (Å²) in [5.41, 5.74) is 0.0467. The number of hydrogen-bond acceptors (Lipinski definition) is 4.